The van der Waals surface area contributed by atoms with E-state index in [1.807, 2.05) is 0 Å². The van der Waals surface area contributed by atoms with E-state index >= 15 is 0 Å². The molecule has 144 valence electrons. The Hall–Kier alpha value is -3.63. The van der Waals surface area contributed by atoms with Crippen LogP contribution in [-0.2, 0) is 23.6 Å². The lowest BCUT2D eigenvalue weighted by Crippen LogP contribution is -2.27. The summed E-state index contributed by atoms with van der Waals surface area (Å²) in [7, 11) is 4.41. The molecule has 2 N–H and O–H groups in total. The number of carbonyl (C=O) groups excluding carboxylic acids is 3. The quantitative estimate of drug-likeness (QED) is 0.416. The van der Waals surface area contributed by atoms with Crippen molar-refractivity contribution >= 4 is 29.2 Å². The highest BCUT2D eigenvalue weighted by molar-refractivity contribution is 6.04. The Morgan fingerprint density at radius 3 is 2.33 bits per heavy atom. The second-order valence-electron chi connectivity index (χ2n) is 5.71. The van der Waals surface area contributed by atoms with Crippen molar-refractivity contribution in [3.05, 3.63) is 46.0 Å². The van der Waals surface area contributed by atoms with Gasteiger partial charge in [0.05, 0.1) is 30.3 Å². The molecule has 2 rings (SSSR count). The SMILES string of the molecule is COC(=O)CCNC(=O)c1cc(NC(=O)c2cc([N+](=O)[O-])cn2C)cn1C. The zero-order valence-electron chi connectivity index (χ0n) is 15.0. The van der Waals surface area contributed by atoms with Crippen LogP contribution in [0.3, 0.4) is 0 Å². The smallest absolute Gasteiger partial charge is 0.307 e. The molecule has 0 spiro atoms. The Balaban J connectivity index is 2.05. The highest BCUT2D eigenvalue weighted by atomic mass is 16.6. The van der Waals surface area contributed by atoms with Crippen LogP contribution in [0.1, 0.15) is 27.4 Å². The minimum absolute atomic E-state index is 0.0442. The Kier molecular flexibility index (Phi) is 5.96. The number of nitro groups is 1. The highest BCUT2D eigenvalue weighted by Crippen LogP contribution is 2.18. The predicted octanol–water partition coefficient (Wildman–Crippen LogP) is 0.817. The fraction of sp³-hybridized carbons (Fsp3) is 0.312. The first kappa shape index (κ1) is 19.7. The first-order valence-corrected chi connectivity index (χ1v) is 7.86. The zero-order valence-corrected chi connectivity index (χ0v) is 15.0. The first-order chi connectivity index (χ1) is 12.7. The molecule has 0 bridgehead atoms. The topological polar surface area (TPSA) is 138 Å². The molecule has 0 saturated heterocycles. The molecule has 11 nitrogen and oxygen atoms in total. The van der Waals surface area contributed by atoms with Gasteiger partial charge in [-0.05, 0) is 6.07 Å². The number of hydrogen-bond donors (Lipinski definition) is 2. The van der Waals surface area contributed by atoms with Crippen molar-refractivity contribution in [1.29, 1.82) is 0 Å². The van der Waals surface area contributed by atoms with Crippen molar-refractivity contribution in [2.45, 2.75) is 6.42 Å². The van der Waals surface area contributed by atoms with Crippen LogP contribution in [0.2, 0.25) is 0 Å². The molecule has 0 radical (unpaired) electrons. The predicted molar refractivity (Wildman–Crippen MR) is 94.4 cm³/mol. The van der Waals surface area contributed by atoms with E-state index in [2.05, 4.69) is 15.4 Å². The standard InChI is InChI=1S/C16H19N5O6/c1-19-8-10(6-12(19)15(23)17-5-4-14(22)27-3)18-16(24)13-7-11(21(25)26)9-20(13)2/h6-9H,4-5H2,1-3H3,(H,17,23)(H,18,24). The zero-order chi connectivity index (χ0) is 20.1. The summed E-state index contributed by atoms with van der Waals surface area (Å²) in [6, 6.07) is 2.63. The number of anilines is 1. The monoisotopic (exact) mass is 377 g/mol. The molecule has 0 unspecified atom stereocenters. The van der Waals surface area contributed by atoms with Gasteiger partial charge in [0.2, 0.25) is 0 Å². The van der Waals surface area contributed by atoms with Gasteiger partial charge < -0.3 is 24.5 Å². The number of rotatable bonds is 7. The highest BCUT2D eigenvalue weighted by Gasteiger charge is 2.19. The second kappa shape index (κ2) is 8.17. The number of carbonyl (C=O) groups is 3. The number of aromatic nitrogens is 2. The van der Waals surface area contributed by atoms with Crippen LogP contribution < -0.4 is 10.6 Å². The van der Waals surface area contributed by atoms with E-state index in [-0.39, 0.29) is 30.0 Å². The lowest BCUT2D eigenvalue weighted by atomic mass is 10.3. The number of amides is 2. The van der Waals surface area contributed by atoms with Crippen LogP contribution >= 0.6 is 0 Å². The van der Waals surface area contributed by atoms with Crippen LogP contribution in [0, 0.1) is 10.1 Å². The lowest BCUT2D eigenvalue weighted by molar-refractivity contribution is -0.384. The van der Waals surface area contributed by atoms with Gasteiger partial charge in [0.15, 0.2) is 0 Å². The van der Waals surface area contributed by atoms with Crippen molar-refractivity contribution in [2.75, 3.05) is 19.0 Å². The van der Waals surface area contributed by atoms with Gasteiger partial charge in [0.1, 0.15) is 11.4 Å². The number of nitrogens with one attached hydrogen (secondary N) is 2. The second-order valence-corrected chi connectivity index (χ2v) is 5.71. The maximum absolute atomic E-state index is 12.3. The minimum Gasteiger partial charge on any atom is -0.469 e. The number of esters is 1. The summed E-state index contributed by atoms with van der Waals surface area (Å²) in [5, 5.41) is 16.0. The molecule has 0 saturated carbocycles. The Morgan fingerprint density at radius 2 is 1.74 bits per heavy atom. The Bertz CT molecular complexity index is 897. The number of aryl methyl sites for hydroxylation is 2. The number of hydrogen-bond acceptors (Lipinski definition) is 6. The van der Waals surface area contributed by atoms with Gasteiger partial charge in [0.25, 0.3) is 17.5 Å². The molecule has 0 aromatic carbocycles. The summed E-state index contributed by atoms with van der Waals surface area (Å²) >= 11 is 0. The summed E-state index contributed by atoms with van der Waals surface area (Å²) in [4.78, 5) is 45.8. The average molecular weight is 377 g/mol. The van der Waals surface area contributed by atoms with E-state index in [1.165, 1.54) is 47.8 Å². The van der Waals surface area contributed by atoms with Crippen LogP contribution in [0.4, 0.5) is 11.4 Å². The molecule has 2 aromatic rings. The first-order valence-electron chi connectivity index (χ1n) is 7.86. The van der Waals surface area contributed by atoms with Gasteiger partial charge in [-0.25, -0.2) is 0 Å². The molecular formula is C16H19N5O6. The maximum Gasteiger partial charge on any atom is 0.307 e. The van der Waals surface area contributed by atoms with E-state index in [1.54, 1.807) is 7.05 Å². The van der Waals surface area contributed by atoms with Crippen LogP contribution in [0.15, 0.2) is 24.5 Å². The third-order valence-corrected chi connectivity index (χ3v) is 3.77. The van der Waals surface area contributed by atoms with Crippen LogP contribution in [-0.4, -0.2) is 45.5 Å². The Labute approximate surface area is 154 Å². The van der Waals surface area contributed by atoms with E-state index in [0.717, 1.165) is 0 Å². The van der Waals surface area contributed by atoms with Gasteiger partial charge in [-0.1, -0.05) is 0 Å². The largest absolute Gasteiger partial charge is 0.469 e. The van der Waals surface area contributed by atoms with E-state index in [4.69, 9.17) is 0 Å². The molecule has 11 heteroatoms. The molecule has 27 heavy (non-hydrogen) atoms. The lowest BCUT2D eigenvalue weighted by Gasteiger charge is -2.04. The molecule has 2 amide bonds. The summed E-state index contributed by atoms with van der Waals surface area (Å²) in [5.74, 6) is -1.41. The van der Waals surface area contributed by atoms with E-state index in [0.29, 0.717) is 5.69 Å². The van der Waals surface area contributed by atoms with E-state index < -0.39 is 22.7 Å². The van der Waals surface area contributed by atoms with Gasteiger partial charge in [-0.15, -0.1) is 0 Å². The molecule has 0 fully saturated rings. The third kappa shape index (κ3) is 4.71. The van der Waals surface area contributed by atoms with Crippen LogP contribution in [0.5, 0.6) is 0 Å². The Morgan fingerprint density at radius 1 is 1.11 bits per heavy atom. The summed E-state index contributed by atoms with van der Waals surface area (Å²) in [6.07, 6.45) is 2.81. The normalized spacial score (nSPS) is 10.3. The maximum atomic E-state index is 12.3. The summed E-state index contributed by atoms with van der Waals surface area (Å²) in [5.41, 5.74) is 0.536. The molecule has 0 aliphatic heterocycles. The van der Waals surface area contributed by atoms with E-state index in [9.17, 15) is 24.5 Å². The fourth-order valence-electron chi connectivity index (χ4n) is 2.40. The van der Waals surface area contributed by atoms with Gasteiger partial charge >= 0.3 is 5.97 Å². The number of ether oxygens (including phenoxy) is 1. The molecule has 2 heterocycles. The number of nitrogens with zero attached hydrogens (tertiary/aromatic N) is 3. The van der Waals surface area contributed by atoms with Gasteiger partial charge in [-0.2, -0.15) is 0 Å². The molecule has 0 aliphatic rings. The van der Waals surface area contributed by atoms with Crippen LogP contribution in [0.25, 0.3) is 0 Å². The number of methoxy groups -OCH3 is 1. The van der Waals surface area contributed by atoms with Crippen molar-refractivity contribution in [3.8, 4) is 0 Å². The fourth-order valence-corrected chi connectivity index (χ4v) is 2.40. The van der Waals surface area contributed by atoms with Gasteiger partial charge in [0, 0.05) is 32.9 Å². The molecule has 0 atom stereocenters. The van der Waals surface area contributed by atoms with Crippen molar-refractivity contribution in [1.82, 2.24) is 14.5 Å². The summed E-state index contributed by atoms with van der Waals surface area (Å²) < 4.78 is 7.34. The molecule has 0 aliphatic carbocycles. The van der Waals surface area contributed by atoms with Gasteiger partial charge in [-0.3, -0.25) is 24.5 Å². The summed E-state index contributed by atoms with van der Waals surface area (Å²) in [6.45, 7) is 0.116. The molecule has 2 aromatic heterocycles. The van der Waals surface area contributed by atoms with Crippen molar-refractivity contribution in [2.24, 2.45) is 14.1 Å². The minimum atomic E-state index is -0.587. The van der Waals surface area contributed by atoms with Crippen molar-refractivity contribution < 1.29 is 24.0 Å². The average Bonchev–Trinajstić information content (AvgIpc) is 3.17. The molecular weight excluding hydrogens is 358 g/mol. The third-order valence-electron chi connectivity index (χ3n) is 3.77. The van der Waals surface area contributed by atoms with Crippen molar-refractivity contribution in [3.63, 3.8) is 0 Å².